The average molecular weight is 171 g/mol. The van der Waals surface area contributed by atoms with Crippen molar-refractivity contribution in [3.05, 3.63) is 0 Å². The fourth-order valence-electron chi connectivity index (χ4n) is 0.724. The molecule has 2 amide bonds. The zero-order valence-corrected chi connectivity index (χ0v) is 7.26. The van der Waals surface area contributed by atoms with E-state index in [2.05, 4.69) is 0 Å². The van der Waals surface area contributed by atoms with E-state index in [1.54, 1.807) is 13.8 Å². The maximum atomic E-state index is 11.0. The van der Waals surface area contributed by atoms with Crippen molar-refractivity contribution in [3.63, 3.8) is 0 Å². The first kappa shape index (κ1) is 10.6. The summed E-state index contributed by atoms with van der Waals surface area (Å²) in [7, 11) is 0. The number of hydrogen-bond acceptors (Lipinski definition) is 3. The Kier molecular flexibility index (Phi) is 3.96. The zero-order valence-electron chi connectivity index (χ0n) is 7.26. The van der Waals surface area contributed by atoms with Crippen LogP contribution in [0.1, 0.15) is 26.7 Å². The second kappa shape index (κ2) is 4.48. The molecule has 0 aromatic heterocycles. The van der Waals surface area contributed by atoms with Gasteiger partial charge in [-0.15, -0.1) is 0 Å². The number of nitrogens with zero attached hydrogens (tertiary/aromatic N) is 1. The van der Waals surface area contributed by atoms with Gasteiger partial charge >= 0.3 is 0 Å². The van der Waals surface area contributed by atoms with E-state index < -0.39 is 17.8 Å². The second-order valence-electron chi connectivity index (χ2n) is 2.22. The van der Waals surface area contributed by atoms with E-state index in [-0.39, 0.29) is 12.8 Å². The minimum Gasteiger partial charge on any atom is -0.369 e. The van der Waals surface area contributed by atoms with E-state index in [9.17, 15) is 9.59 Å². The van der Waals surface area contributed by atoms with Crippen molar-refractivity contribution in [1.82, 2.24) is 4.90 Å². The molecule has 0 saturated heterocycles. The molecule has 68 valence electrons. The third-order valence-electron chi connectivity index (χ3n) is 1.34. The van der Waals surface area contributed by atoms with Gasteiger partial charge in [-0.05, 0) is 0 Å². The monoisotopic (exact) mass is 171 g/mol. The van der Waals surface area contributed by atoms with Crippen molar-refractivity contribution in [2.75, 3.05) is 0 Å². The van der Waals surface area contributed by atoms with Crippen LogP contribution in [0.5, 0.6) is 0 Å². The predicted octanol–water partition coefficient (Wildman–Crippen LogP) is 0.0551. The molecular formula is C7H13N3O2. The molecule has 0 atom stereocenters. The molecule has 0 bridgehead atoms. The highest BCUT2D eigenvalue weighted by Crippen LogP contribution is 1.96. The van der Waals surface area contributed by atoms with E-state index in [4.69, 9.17) is 11.1 Å². The number of rotatable bonds is 2. The van der Waals surface area contributed by atoms with Gasteiger partial charge in [-0.25, -0.2) is 4.90 Å². The van der Waals surface area contributed by atoms with Gasteiger partial charge in [0.15, 0.2) is 0 Å². The molecule has 5 heteroatoms. The molecule has 0 spiro atoms. The van der Waals surface area contributed by atoms with Crippen molar-refractivity contribution in [2.45, 2.75) is 26.7 Å². The van der Waals surface area contributed by atoms with Crippen molar-refractivity contribution in [1.29, 1.82) is 5.41 Å². The predicted molar refractivity (Wildman–Crippen MR) is 44.3 cm³/mol. The van der Waals surface area contributed by atoms with Crippen LogP contribution in [0.3, 0.4) is 0 Å². The standard InChI is InChI=1S/C7H13N3O2/c1-3-5(11)10(7(8)9)6(12)4-2/h3-4H2,1-2H3,(H3,8,9). The summed E-state index contributed by atoms with van der Waals surface area (Å²) in [5.41, 5.74) is 5.06. The van der Waals surface area contributed by atoms with Crippen molar-refractivity contribution >= 4 is 17.8 Å². The minimum atomic E-state index is -0.506. The van der Waals surface area contributed by atoms with Crippen molar-refractivity contribution in [2.24, 2.45) is 5.73 Å². The summed E-state index contributed by atoms with van der Waals surface area (Å²) in [6, 6.07) is 0. The Bertz CT molecular complexity index is 197. The van der Waals surface area contributed by atoms with Crippen LogP contribution in [-0.2, 0) is 9.59 Å². The summed E-state index contributed by atoms with van der Waals surface area (Å²) in [4.78, 5) is 22.8. The second-order valence-corrected chi connectivity index (χ2v) is 2.22. The molecule has 0 heterocycles. The zero-order chi connectivity index (χ0) is 9.72. The van der Waals surface area contributed by atoms with E-state index in [1.807, 2.05) is 0 Å². The van der Waals surface area contributed by atoms with Crippen LogP contribution in [0.25, 0.3) is 0 Å². The highest BCUT2D eigenvalue weighted by molar-refractivity contribution is 6.10. The van der Waals surface area contributed by atoms with Gasteiger partial charge in [-0.1, -0.05) is 13.8 Å². The van der Waals surface area contributed by atoms with Crippen LogP contribution in [0.4, 0.5) is 0 Å². The molecule has 0 fully saturated rings. The summed E-state index contributed by atoms with van der Waals surface area (Å²) in [6.45, 7) is 3.22. The average Bonchev–Trinajstić information content (AvgIpc) is 2.03. The fraction of sp³-hybridized carbons (Fsp3) is 0.571. The number of nitrogens with two attached hydrogens (primary N) is 1. The van der Waals surface area contributed by atoms with Crippen LogP contribution < -0.4 is 5.73 Å². The third-order valence-corrected chi connectivity index (χ3v) is 1.34. The Morgan fingerprint density at radius 1 is 1.25 bits per heavy atom. The molecule has 3 N–H and O–H groups in total. The molecule has 0 aliphatic rings. The van der Waals surface area contributed by atoms with Crippen LogP contribution in [0.15, 0.2) is 0 Å². The SMILES string of the molecule is CCC(=O)N(C(=N)N)C(=O)CC. The lowest BCUT2D eigenvalue weighted by Crippen LogP contribution is -2.44. The van der Waals surface area contributed by atoms with Crippen LogP contribution in [0.2, 0.25) is 0 Å². The van der Waals surface area contributed by atoms with E-state index in [0.29, 0.717) is 4.90 Å². The molecule has 0 rings (SSSR count). The van der Waals surface area contributed by atoms with Gasteiger partial charge in [-0.2, -0.15) is 0 Å². The lowest BCUT2D eigenvalue weighted by atomic mass is 10.3. The first-order chi connectivity index (χ1) is 5.54. The van der Waals surface area contributed by atoms with E-state index >= 15 is 0 Å². The molecule has 0 aromatic carbocycles. The Hall–Kier alpha value is -1.39. The normalized spacial score (nSPS) is 9.17. The summed E-state index contributed by atoms with van der Waals surface area (Å²) < 4.78 is 0. The van der Waals surface area contributed by atoms with Gasteiger partial charge in [0.1, 0.15) is 0 Å². The number of imide groups is 1. The van der Waals surface area contributed by atoms with Crippen molar-refractivity contribution < 1.29 is 9.59 Å². The van der Waals surface area contributed by atoms with E-state index in [0.717, 1.165) is 0 Å². The number of carbonyl (C=O) groups is 2. The number of hydrogen-bond donors (Lipinski definition) is 2. The maximum Gasteiger partial charge on any atom is 0.235 e. The highest BCUT2D eigenvalue weighted by Gasteiger charge is 2.20. The van der Waals surface area contributed by atoms with Gasteiger partial charge in [0.05, 0.1) is 0 Å². The lowest BCUT2D eigenvalue weighted by Gasteiger charge is -2.16. The molecule has 12 heavy (non-hydrogen) atoms. The smallest absolute Gasteiger partial charge is 0.235 e. The van der Waals surface area contributed by atoms with Gasteiger partial charge in [0, 0.05) is 12.8 Å². The van der Waals surface area contributed by atoms with Crippen molar-refractivity contribution in [3.8, 4) is 0 Å². The minimum absolute atomic E-state index is 0.172. The summed E-state index contributed by atoms with van der Waals surface area (Å²) >= 11 is 0. The highest BCUT2D eigenvalue weighted by atomic mass is 16.2. The van der Waals surface area contributed by atoms with Gasteiger partial charge in [0.2, 0.25) is 17.8 Å². The first-order valence-electron chi connectivity index (χ1n) is 3.74. The first-order valence-corrected chi connectivity index (χ1v) is 3.74. The Labute approximate surface area is 71.0 Å². The fourth-order valence-corrected chi connectivity index (χ4v) is 0.724. The molecule has 0 saturated carbocycles. The molecule has 0 aliphatic heterocycles. The van der Waals surface area contributed by atoms with Crippen LogP contribution in [-0.4, -0.2) is 22.7 Å². The third kappa shape index (κ3) is 2.34. The maximum absolute atomic E-state index is 11.0. The van der Waals surface area contributed by atoms with Gasteiger partial charge < -0.3 is 5.73 Å². The summed E-state index contributed by atoms with van der Waals surface area (Å²) in [6.07, 6.45) is 0.344. The number of guanidine groups is 1. The number of nitrogens with one attached hydrogen (secondary N) is 1. The molecular weight excluding hydrogens is 158 g/mol. The summed E-state index contributed by atoms with van der Waals surface area (Å²) in [5, 5.41) is 6.98. The summed E-state index contributed by atoms with van der Waals surface area (Å²) in [5.74, 6) is -1.38. The molecule has 5 nitrogen and oxygen atoms in total. The molecule has 0 radical (unpaired) electrons. The van der Waals surface area contributed by atoms with E-state index in [1.165, 1.54) is 0 Å². The quantitative estimate of drug-likeness (QED) is 0.454. The Morgan fingerprint density at radius 2 is 1.58 bits per heavy atom. The number of amides is 2. The Morgan fingerprint density at radius 3 is 1.75 bits per heavy atom. The molecule has 0 unspecified atom stereocenters. The lowest BCUT2D eigenvalue weighted by molar-refractivity contribution is -0.139. The largest absolute Gasteiger partial charge is 0.369 e. The van der Waals surface area contributed by atoms with Crippen LogP contribution in [0, 0.1) is 5.41 Å². The van der Waals surface area contributed by atoms with Gasteiger partial charge in [-0.3, -0.25) is 15.0 Å². The molecule has 0 aromatic rings. The number of carbonyl (C=O) groups excluding carboxylic acids is 2. The Balaban J connectivity index is 4.55. The topological polar surface area (TPSA) is 87.2 Å². The molecule has 0 aliphatic carbocycles. The van der Waals surface area contributed by atoms with Gasteiger partial charge in [0.25, 0.3) is 0 Å². The van der Waals surface area contributed by atoms with Crippen LogP contribution >= 0.6 is 0 Å².